The molecule has 1 amide bonds. The van der Waals surface area contributed by atoms with E-state index in [0.29, 0.717) is 28.5 Å². The van der Waals surface area contributed by atoms with Gasteiger partial charge in [-0.05, 0) is 24.3 Å². The maximum absolute atomic E-state index is 12.7. The van der Waals surface area contributed by atoms with Crippen molar-refractivity contribution in [2.45, 2.75) is 0 Å². The first-order valence-electron chi connectivity index (χ1n) is 9.72. The highest BCUT2D eigenvalue weighted by molar-refractivity contribution is 6.13. The van der Waals surface area contributed by atoms with Crippen molar-refractivity contribution >= 4 is 27.7 Å². The van der Waals surface area contributed by atoms with Crippen LogP contribution in [-0.2, 0) is 0 Å². The Morgan fingerprint density at radius 1 is 1.03 bits per heavy atom. The van der Waals surface area contributed by atoms with Crippen LogP contribution in [-0.4, -0.2) is 55.5 Å². The van der Waals surface area contributed by atoms with Gasteiger partial charge in [0, 0.05) is 28.4 Å². The Morgan fingerprint density at radius 3 is 2.39 bits per heavy atom. The zero-order valence-corrected chi connectivity index (χ0v) is 17.5. The summed E-state index contributed by atoms with van der Waals surface area (Å²) in [6.45, 7) is -0.00719. The maximum atomic E-state index is 12.7. The molecule has 0 bridgehead atoms. The molecular formula is C23H23N3O5. The Morgan fingerprint density at radius 2 is 1.74 bits per heavy atom. The number of hydrogen-bond donors (Lipinski definition) is 3. The van der Waals surface area contributed by atoms with E-state index in [9.17, 15) is 4.79 Å². The van der Waals surface area contributed by atoms with E-state index in [2.05, 4.69) is 15.3 Å². The second-order valence-electron chi connectivity index (χ2n) is 6.84. The molecule has 3 N–H and O–H groups in total. The van der Waals surface area contributed by atoms with Crippen LogP contribution in [0.2, 0.25) is 0 Å². The molecule has 0 saturated carbocycles. The number of H-pyrrole nitrogens is 1. The number of carbonyl (C=O) groups excluding carboxylic acids is 1. The van der Waals surface area contributed by atoms with Gasteiger partial charge in [0.15, 0.2) is 11.5 Å². The van der Waals surface area contributed by atoms with Crippen LogP contribution < -0.4 is 19.5 Å². The number of aromatic nitrogens is 2. The lowest BCUT2D eigenvalue weighted by molar-refractivity contribution is 0.0940. The molecule has 0 aliphatic carbocycles. The lowest BCUT2D eigenvalue weighted by Gasteiger charge is -2.15. The van der Waals surface area contributed by atoms with E-state index in [1.165, 1.54) is 0 Å². The summed E-state index contributed by atoms with van der Waals surface area (Å²) < 4.78 is 16.4. The number of benzene rings is 2. The summed E-state index contributed by atoms with van der Waals surface area (Å²) in [5.41, 5.74) is 3.23. The second-order valence-corrected chi connectivity index (χ2v) is 6.84. The number of rotatable bonds is 7. The monoisotopic (exact) mass is 421 g/mol. The summed E-state index contributed by atoms with van der Waals surface area (Å²) >= 11 is 0. The van der Waals surface area contributed by atoms with Gasteiger partial charge in [-0.2, -0.15) is 0 Å². The van der Waals surface area contributed by atoms with Crippen molar-refractivity contribution in [2.75, 3.05) is 34.5 Å². The van der Waals surface area contributed by atoms with E-state index in [-0.39, 0.29) is 24.8 Å². The second kappa shape index (κ2) is 8.53. The minimum atomic E-state index is -0.366. The van der Waals surface area contributed by atoms with Crippen molar-refractivity contribution in [1.82, 2.24) is 15.3 Å². The number of fused-ring (bicyclic) bond motifs is 3. The molecule has 31 heavy (non-hydrogen) atoms. The minimum absolute atomic E-state index is 0.145. The van der Waals surface area contributed by atoms with E-state index in [0.717, 1.165) is 21.8 Å². The predicted molar refractivity (Wildman–Crippen MR) is 118 cm³/mol. The highest BCUT2D eigenvalue weighted by Gasteiger charge is 2.20. The van der Waals surface area contributed by atoms with Gasteiger partial charge in [0.2, 0.25) is 5.75 Å². The molecule has 8 nitrogen and oxygen atoms in total. The molecule has 0 aliphatic heterocycles. The summed E-state index contributed by atoms with van der Waals surface area (Å²) in [7, 11) is 4.64. The van der Waals surface area contributed by atoms with E-state index < -0.39 is 0 Å². The van der Waals surface area contributed by atoms with Gasteiger partial charge in [0.05, 0.1) is 39.1 Å². The van der Waals surface area contributed by atoms with Crippen LogP contribution in [0.15, 0.2) is 42.5 Å². The van der Waals surface area contributed by atoms with Gasteiger partial charge in [0.25, 0.3) is 5.91 Å². The number of carbonyl (C=O) groups is 1. The minimum Gasteiger partial charge on any atom is -0.493 e. The van der Waals surface area contributed by atoms with Crippen molar-refractivity contribution in [1.29, 1.82) is 0 Å². The Bertz CT molecular complexity index is 1240. The van der Waals surface area contributed by atoms with Gasteiger partial charge in [-0.3, -0.25) is 4.79 Å². The molecule has 2 aromatic heterocycles. The summed E-state index contributed by atoms with van der Waals surface area (Å²) in [5, 5.41) is 13.6. The highest BCUT2D eigenvalue weighted by atomic mass is 16.5. The van der Waals surface area contributed by atoms with Crippen molar-refractivity contribution in [3.8, 4) is 28.5 Å². The summed E-state index contributed by atoms with van der Waals surface area (Å²) in [6.07, 6.45) is 0. The third-order valence-corrected chi connectivity index (χ3v) is 5.06. The number of aliphatic hydroxyl groups is 1. The number of methoxy groups -OCH3 is 3. The fraction of sp³-hybridized carbons (Fsp3) is 0.217. The molecule has 0 fully saturated rings. The number of pyridine rings is 1. The third kappa shape index (κ3) is 3.62. The van der Waals surface area contributed by atoms with Gasteiger partial charge >= 0.3 is 0 Å². The third-order valence-electron chi connectivity index (χ3n) is 5.06. The molecular weight excluding hydrogens is 398 g/mol. The summed E-state index contributed by atoms with van der Waals surface area (Å²) in [6, 6.07) is 13.2. The number of nitrogens with zero attached hydrogens (tertiary/aromatic N) is 1. The quantitative estimate of drug-likeness (QED) is 0.423. The number of nitrogens with one attached hydrogen (secondary N) is 2. The van der Waals surface area contributed by atoms with Gasteiger partial charge in [-0.25, -0.2) is 4.98 Å². The average Bonchev–Trinajstić information content (AvgIpc) is 3.19. The first-order chi connectivity index (χ1) is 15.1. The summed E-state index contributed by atoms with van der Waals surface area (Å²) in [5.74, 6) is 1.07. The molecule has 0 unspecified atom stereocenters. The molecule has 2 heterocycles. The zero-order chi connectivity index (χ0) is 22.0. The van der Waals surface area contributed by atoms with Gasteiger partial charge in [-0.15, -0.1) is 0 Å². The SMILES string of the molecule is COc1cc(-c2nc(C(=O)NCCO)cc3c2[nH]c2ccccc23)cc(OC)c1OC. The number of aromatic amines is 1. The Balaban J connectivity index is 2.01. The average molecular weight is 421 g/mol. The number of aliphatic hydroxyl groups excluding tert-OH is 1. The molecule has 0 saturated heterocycles. The molecule has 0 atom stereocenters. The molecule has 4 rings (SSSR count). The normalized spacial score (nSPS) is 11.0. The van der Waals surface area contributed by atoms with Crippen LogP contribution in [0.4, 0.5) is 0 Å². The van der Waals surface area contributed by atoms with Crippen molar-refractivity contribution in [3.63, 3.8) is 0 Å². The number of hydrogen-bond acceptors (Lipinski definition) is 6. The molecule has 8 heteroatoms. The van der Waals surface area contributed by atoms with E-state index >= 15 is 0 Å². The predicted octanol–water partition coefficient (Wildman–Crippen LogP) is 3.13. The maximum Gasteiger partial charge on any atom is 0.270 e. The van der Waals surface area contributed by atoms with Crippen molar-refractivity contribution in [3.05, 3.63) is 48.2 Å². The van der Waals surface area contributed by atoms with Crippen LogP contribution in [0.3, 0.4) is 0 Å². The summed E-state index contributed by atoms with van der Waals surface area (Å²) in [4.78, 5) is 20.7. The number of amides is 1. The van der Waals surface area contributed by atoms with E-state index in [1.807, 2.05) is 24.3 Å². The molecule has 4 aromatic rings. The van der Waals surface area contributed by atoms with Crippen molar-refractivity contribution in [2.24, 2.45) is 0 Å². The lowest BCUT2D eigenvalue weighted by Crippen LogP contribution is -2.27. The molecule has 160 valence electrons. The standard InChI is InChI=1S/C23H23N3O5/c1-29-18-10-13(11-19(30-2)22(18)31-3)20-21-15(14-6-4-5-7-16(14)25-21)12-17(26-20)23(28)24-8-9-27/h4-7,10-12,25,27H,8-9H2,1-3H3,(H,24,28). The fourth-order valence-corrected chi connectivity index (χ4v) is 3.65. The Hall–Kier alpha value is -3.78. The molecule has 0 radical (unpaired) electrons. The first-order valence-corrected chi connectivity index (χ1v) is 9.72. The molecule has 0 spiro atoms. The van der Waals surface area contributed by atoms with Crippen molar-refractivity contribution < 1.29 is 24.1 Å². The van der Waals surface area contributed by atoms with E-state index in [4.69, 9.17) is 19.3 Å². The topological polar surface area (TPSA) is 106 Å². The Kier molecular flexibility index (Phi) is 5.64. The first kappa shape index (κ1) is 20.5. The number of ether oxygens (including phenoxy) is 3. The largest absolute Gasteiger partial charge is 0.493 e. The van der Waals surface area contributed by atoms with Gasteiger partial charge < -0.3 is 29.6 Å². The van der Waals surface area contributed by atoms with Gasteiger partial charge in [-0.1, -0.05) is 18.2 Å². The van der Waals surface area contributed by atoms with Crippen LogP contribution in [0.5, 0.6) is 17.2 Å². The van der Waals surface area contributed by atoms with Crippen LogP contribution >= 0.6 is 0 Å². The van der Waals surface area contributed by atoms with Crippen LogP contribution in [0, 0.1) is 0 Å². The van der Waals surface area contributed by atoms with Crippen LogP contribution in [0.1, 0.15) is 10.5 Å². The van der Waals surface area contributed by atoms with Gasteiger partial charge in [0.1, 0.15) is 5.69 Å². The molecule has 2 aromatic carbocycles. The Labute approximate surface area is 178 Å². The smallest absolute Gasteiger partial charge is 0.270 e. The highest BCUT2D eigenvalue weighted by Crippen LogP contribution is 2.42. The zero-order valence-electron chi connectivity index (χ0n) is 17.5. The molecule has 0 aliphatic rings. The van der Waals surface area contributed by atoms with Crippen LogP contribution in [0.25, 0.3) is 33.1 Å². The van der Waals surface area contributed by atoms with E-state index in [1.54, 1.807) is 39.5 Å². The fourth-order valence-electron chi connectivity index (χ4n) is 3.65. The lowest BCUT2D eigenvalue weighted by atomic mass is 10.0. The number of para-hydroxylation sites is 1.